The number of aromatic hydroxyl groups is 6. The van der Waals surface area contributed by atoms with Crippen molar-refractivity contribution in [1.82, 2.24) is 0 Å². The van der Waals surface area contributed by atoms with E-state index in [0.29, 0.717) is 0 Å². The largest absolute Gasteiger partial charge is 0.504 e. The first-order valence-corrected chi connectivity index (χ1v) is 12.8. The average molecular weight is 529 g/mol. The van der Waals surface area contributed by atoms with Crippen LogP contribution in [0.15, 0.2) is 72.8 Å². The molecule has 6 heteroatoms. The lowest BCUT2D eigenvalue weighted by Crippen LogP contribution is -2.26. The van der Waals surface area contributed by atoms with Gasteiger partial charge in [-0.25, -0.2) is 0 Å². The summed E-state index contributed by atoms with van der Waals surface area (Å²) in [4.78, 5) is 0. The maximum absolute atomic E-state index is 10.2. The van der Waals surface area contributed by atoms with Crippen LogP contribution in [0.25, 0.3) is 0 Å². The normalized spacial score (nSPS) is 12.5. The molecule has 0 aliphatic carbocycles. The van der Waals surface area contributed by atoms with Crippen molar-refractivity contribution in [2.45, 2.75) is 57.8 Å². The second-order valence-electron chi connectivity index (χ2n) is 11.8. The fraction of sp³-hybridized carbons (Fsp3) is 0.273. The first kappa shape index (κ1) is 27.7. The average Bonchev–Trinajstić information content (AvgIpc) is 2.88. The van der Waals surface area contributed by atoms with E-state index in [1.165, 1.54) is 18.2 Å². The van der Waals surface area contributed by atoms with Gasteiger partial charge in [-0.05, 0) is 69.8 Å². The van der Waals surface area contributed by atoms with Crippen molar-refractivity contribution in [3.63, 3.8) is 0 Å². The van der Waals surface area contributed by atoms with Crippen LogP contribution in [0.3, 0.4) is 0 Å². The van der Waals surface area contributed by atoms with Crippen molar-refractivity contribution in [3.8, 4) is 34.5 Å². The number of benzene rings is 4. The molecule has 0 saturated carbocycles. The molecule has 0 aliphatic rings. The monoisotopic (exact) mass is 528 g/mol. The second kappa shape index (κ2) is 9.45. The molecule has 4 aromatic carbocycles. The summed E-state index contributed by atoms with van der Waals surface area (Å²) in [7, 11) is 0. The molecule has 204 valence electrons. The lowest BCUT2D eigenvalue weighted by Gasteiger charge is -2.35. The third-order valence-electron chi connectivity index (χ3n) is 8.19. The predicted octanol–water partition coefficient (Wildman–Crippen LogP) is 6.90. The van der Waals surface area contributed by atoms with E-state index < -0.39 is 16.2 Å². The second-order valence-corrected chi connectivity index (χ2v) is 11.8. The number of phenolic OH excluding ortho intramolecular Hbond substituents is 6. The molecule has 0 saturated heterocycles. The van der Waals surface area contributed by atoms with Crippen molar-refractivity contribution in [2.75, 3.05) is 0 Å². The van der Waals surface area contributed by atoms with Crippen molar-refractivity contribution >= 4 is 0 Å². The molecule has 4 aromatic rings. The van der Waals surface area contributed by atoms with Crippen LogP contribution in [0.2, 0.25) is 0 Å². The molecule has 0 fully saturated rings. The van der Waals surface area contributed by atoms with Crippen LogP contribution in [-0.4, -0.2) is 30.6 Å². The van der Waals surface area contributed by atoms with Gasteiger partial charge in [-0.1, -0.05) is 77.9 Å². The molecule has 0 aliphatic heterocycles. The molecule has 0 bridgehead atoms. The van der Waals surface area contributed by atoms with Crippen LogP contribution >= 0.6 is 0 Å². The van der Waals surface area contributed by atoms with Gasteiger partial charge >= 0.3 is 0 Å². The Morgan fingerprint density at radius 1 is 0.308 bits per heavy atom. The number of hydrogen-bond donors (Lipinski definition) is 6. The lowest BCUT2D eigenvalue weighted by atomic mass is 9.69. The molecule has 6 N–H and O–H groups in total. The molecular formula is C33H36O6. The Morgan fingerprint density at radius 3 is 0.744 bits per heavy atom. The Kier molecular flexibility index (Phi) is 6.72. The summed E-state index contributed by atoms with van der Waals surface area (Å²) in [5.74, 6) is -1.16. The van der Waals surface area contributed by atoms with Gasteiger partial charge in [0.25, 0.3) is 0 Å². The van der Waals surface area contributed by atoms with Crippen LogP contribution in [0.4, 0.5) is 0 Å². The quantitative estimate of drug-likeness (QED) is 0.151. The molecule has 6 nitrogen and oxygen atoms in total. The molecule has 0 atom stereocenters. The maximum atomic E-state index is 10.2. The molecule has 39 heavy (non-hydrogen) atoms. The number of rotatable bonds is 6. The third-order valence-corrected chi connectivity index (χ3v) is 8.19. The Hall–Kier alpha value is -4.32. The molecule has 0 radical (unpaired) electrons. The van der Waals surface area contributed by atoms with Gasteiger partial charge in [0.2, 0.25) is 0 Å². The molecule has 0 amide bonds. The highest BCUT2D eigenvalue weighted by Gasteiger charge is 2.33. The summed E-state index contributed by atoms with van der Waals surface area (Å²) in [6, 6.07) is 20.8. The number of hydrogen-bond acceptors (Lipinski definition) is 6. The van der Waals surface area contributed by atoms with Crippen LogP contribution in [-0.2, 0) is 16.2 Å². The van der Waals surface area contributed by atoms with Crippen LogP contribution in [0, 0.1) is 0 Å². The molecule has 4 rings (SSSR count). The van der Waals surface area contributed by atoms with E-state index in [9.17, 15) is 30.6 Å². The summed E-state index contributed by atoms with van der Waals surface area (Å²) in [5.41, 5.74) is 3.51. The lowest BCUT2D eigenvalue weighted by molar-refractivity contribution is 0.401. The van der Waals surface area contributed by atoms with Gasteiger partial charge in [0.05, 0.1) is 0 Å². The minimum atomic E-state index is -0.587. The minimum Gasteiger partial charge on any atom is -0.504 e. The Labute approximate surface area is 229 Å². The summed E-state index contributed by atoms with van der Waals surface area (Å²) < 4.78 is 0. The molecular weight excluding hydrogens is 492 g/mol. The van der Waals surface area contributed by atoms with E-state index in [1.54, 1.807) is 36.4 Å². The van der Waals surface area contributed by atoms with Gasteiger partial charge in [-0.2, -0.15) is 0 Å². The molecule has 0 unspecified atom stereocenters. The van der Waals surface area contributed by atoms with Crippen LogP contribution in [0.5, 0.6) is 34.5 Å². The van der Waals surface area contributed by atoms with E-state index in [2.05, 4.69) is 18.2 Å². The van der Waals surface area contributed by atoms with E-state index in [0.717, 1.165) is 33.4 Å². The van der Waals surface area contributed by atoms with Crippen molar-refractivity contribution in [3.05, 3.63) is 106 Å². The topological polar surface area (TPSA) is 121 Å². The highest BCUT2D eigenvalue weighted by atomic mass is 16.3. The van der Waals surface area contributed by atoms with Gasteiger partial charge in [-0.3, -0.25) is 0 Å². The fourth-order valence-corrected chi connectivity index (χ4v) is 4.95. The highest BCUT2D eigenvalue weighted by molar-refractivity contribution is 5.54. The summed E-state index contributed by atoms with van der Waals surface area (Å²) in [6.07, 6.45) is 0. The predicted molar refractivity (Wildman–Crippen MR) is 152 cm³/mol. The van der Waals surface area contributed by atoms with E-state index in [4.69, 9.17) is 0 Å². The van der Waals surface area contributed by atoms with Crippen molar-refractivity contribution in [2.24, 2.45) is 0 Å². The van der Waals surface area contributed by atoms with E-state index in [1.807, 2.05) is 41.5 Å². The standard InChI is InChI=1S/C33H36O6/c1-31(2,19-7-10-25(34)28(37)16-19)22-13-23(32(3,4)20-8-11-26(35)29(38)17-20)15-24(14-22)33(5,6)21-9-12-27(36)30(39)18-21/h7-18,34-39H,1-6H3. The first-order valence-electron chi connectivity index (χ1n) is 12.8. The smallest absolute Gasteiger partial charge is 0.157 e. The molecule has 0 heterocycles. The fourth-order valence-electron chi connectivity index (χ4n) is 4.95. The zero-order chi connectivity index (χ0) is 28.9. The van der Waals surface area contributed by atoms with Crippen LogP contribution < -0.4 is 0 Å². The molecule has 0 aromatic heterocycles. The van der Waals surface area contributed by atoms with E-state index in [-0.39, 0.29) is 34.5 Å². The third kappa shape index (κ3) is 4.94. The Balaban J connectivity index is 1.97. The SMILES string of the molecule is CC(C)(c1cc(C(C)(C)c2ccc(O)c(O)c2)cc(C(C)(C)c2ccc(O)c(O)c2)c1)c1ccc(O)c(O)c1. The molecule has 0 spiro atoms. The van der Waals surface area contributed by atoms with Gasteiger partial charge in [-0.15, -0.1) is 0 Å². The van der Waals surface area contributed by atoms with Crippen molar-refractivity contribution in [1.29, 1.82) is 0 Å². The van der Waals surface area contributed by atoms with Gasteiger partial charge < -0.3 is 30.6 Å². The Morgan fingerprint density at radius 2 is 0.538 bits per heavy atom. The zero-order valence-corrected chi connectivity index (χ0v) is 23.1. The summed E-state index contributed by atoms with van der Waals surface area (Å²) in [5, 5.41) is 60.4. The Bertz CT molecular complexity index is 1350. The van der Waals surface area contributed by atoms with Crippen LogP contribution in [0.1, 0.15) is 74.9 Å². The highest BCUT2D eigenvalue weighted by Crippen LogP contribution is 2.44. The van der Waals surface area contributed by atoms with E-state index >= 15 is 0 Å². The maximum Gasteiger partial charge on any atom is 0.157 e. The first-order chi connectivity index (χ1) is 18.0. The number of phenols is 6. The van der Waals surface area contributed by atoms with Gasteiger partial charge in [0.15, 0.2) is 34.5 Å². The van der Waals surface area contributed by atoms with Gasteiger partial charge in [0.1, 0.15) is 0 Å². The van der Waals surface area contributed by atoms with Crippen molar-refractivity contribution < 1.29 is 30.6 Å². The summed E-state index contributed by atoms with van der Waals surface area (Å²) >= 11 is 0. The zero-order valence-electron chi connectivity index (χ0n) is 23.1. The minimum absolute atomic E-state index is 0.189. The van der Waals surface area contributed by atoms with Gasteiger partial charge in [0, 0.05) is 16.2 Å². The summed E-state index contributed by atoms with van der Waals surface area (Å²) in [6.45, 7) is 12.3.